The molecule has 0 aliphatic carbocycles. The maximum Gasteiger partial charge on any atom is 0.264 e. The minimum atomic E-state index is -3.93. The average Bonchev–Trinajstić information content (AvgIpc) is 2.86. The monoisotopic (exact) mass is 293 g/mol. The second-order valence-corrected chi connectivity index (χ2v) is 6.11. The van der Waals surface area contributed by atoms with Gasteiger partial charge in [-0.05, 0) is 35.9 Å². The van der Waals surface area contributed by atoms with Crippen LogP contribution in [0.25, 0.3) is 0 Å². The van der Waals surface area contributed by atoms with Crippen LogP contribution in [0, 0.1) is 5.82 Å². The molecule has 0 spiro atoms. The highest BCUT2D eigenvalue weighted by Crippen LogP contribution is 2.29. The van der Waals surface area contributed by atoms with Crippen LogP contribution in [0.15, 0.2) is 47.4 Å². The molecule has 0 amide bonds. The summed E-state index contributed by atoms with van der Waals surface area (Å²) in [7, 11) is -3.93. The number of ether oxygens (including phenoxy) is 1. The van der Waals surface area contributed by atoms with Gasteiger partial charge in [-0.25, -0.2) is 12.8 Å². The summed E-state index contributed by atoms with van der Waals surface area (Å²) in [5.74, 6) is -0.0108. The van der Waals surface area contributed by atoms with E-state index in [-0.39, 0.29) is 4.90 Å². The largest absolute Gasteiger partial charge is 0.493 e. The number of fused-ring (bicyclic) bond motifs is 1. The predicted octanol–water partition coefficient (Wildman–Crippen LogP) is 2.56. The van der Waals surface area contributed by atoms with E-state index in [9.17, 15) is 12.8 Å². The van der Waals surface area contributed by atoms with Gasteiger partial charge in [0, 0.05) is 12.1 Å². The van der Waals surface area contributed by atoms with E-state index in [0.29, 0.717) is 12.3 Å². The standard InChI is InChI=1S/C14H12FNO3S/c15-12-3-1-2-4-14(12)20(17,18)16-11-5-6-13-10(9-11)7-8-19-13/h1-6,9,16H,7-8H2. The SMILES string of the molecule is O=S(=O)(Nc1ccc2c(c1)CCO2)c1ccccc1F. The molecule has 0 fully saturated rings. The lowest BCUT2D eigenvalue weighted by Gasteiger charge is -2.09. The number of hydrogen-bond donors (Lipinski definition) is 1. The van der Waals surface area contributed by atoms with E-state index in [0.717, 1.165) is 23.8 Å². The Bertz CT molecular complexity index is 759. The minimum Gasteiger partial charge on any atom is -0.493 e. The fourth-order valence-corrected chi connectivity index (χ4v) is 3.25. The quantitative estimate of drug-likeness (QED) is 0.946. The van der Waals surface area contributed by atoms with Crippen LogP contribution in [0.2, 0.25) is 0 Å². The van der Waals surface area contributed by atoms with Gasteiger partial charge in [0.15, 0.2) is 0 Å². The third-order valence-electron chi connectivity index (χ3n) is 3.07. The predicted molar refractivity (Wildman–Crippen MR) is 72.8 cm³/mol. The molecular weight excluding hydrogens is 281 g/mol. The lowest BCUT2D eigenvalue weighted by Crippen LogP contribution is -2.14. The van der Waals surface area contributed by atoms with Crippen LogP contribution in [0.3, 0.4) is 0 Å². The molecule has 1 heterocycles. The third kappa shape index (κ3) is 2.34. The van der Waals surface area contributed by atoms with Crippen molar-refractivity contribution in [3.05, 3.63) is 53.8 Å². The van der Waals surface area contributed by atoms with Crippen molar-refractivity contribution >= 4 is 15.7 Å². The fraction of sp³-hybridized carbons (Fsp3) is 0.143. The van der Waals surface area contributed by atoms with Crippen molar-refractivity contribution in [2.45, 2.75) is 11.3 Å². The van der Waals surface area contributed by atoms with Gasteiger partial charge in [0.2, 0.25) is 0 Å². The minimum absolute atomic E-state index is 0.364. The Morgan fingerprint density at radius 2 is 1.95 bits per heavy atom. The molecule has 0 saturated heterocycles. The first-order chi connectivity index (χ1) is 9.56. The summed E-state index contributed by atoms with van der Waals surface area (Å²) < 4.78 is 45.6. The first kappa shape index (κ1) is 12.9. The summed E-state index contributed by atoms with van der Waals surface area (Å²) in [6.07, 6.45) is 0.741. The summed E-state index contributed by atoms with van der Waals surface area (Å²) in [5, 5.41) is 0. The smallest absolute Gasteiger partial charge is 0.264 e. The Labute approximate surface area is 116 Å². The van der Waals surface area contributed by atoms with Gasteiger partial charge in [-0.1, -0.05) is 12.1 Å². The van der Waals surface area contributed by atoms with E-state index in [1.807, 2.05) is 0 Å². The first-order valence-electron chi connectivity index (χ1n) is 6.09. The number of hydrogen-bond acceptors (Lipinski definition) is 3. The highest BCUT2D eigenvalue weighted by Gasteiger charge is 2.20. The maximum atomic E-state index is 13.6. The molecule has 1 aliphatic rings. The summed E-state index contributed by atoms with van der Waals surface area (Å²) in [6, 6.07) is 10.3. The van der Waals surface area contributed by atoms with Crippen molar-refractivity contribution in [3.8, 4) is 5.75 Å². The lowest BCUT2D eigenvalue weighted by molar-refractivity contribution is 0.357. The number of benzene rings is 2. The highest BCUT2D eigenvalue weighted by molar-refractivity contribution is 7.92. The van der Waals surface area contributed by atoms with E-state index in [1.54, 1.807) is 18.2 Å². The molecule has 0 unspecified atom stereocenters. The van der Waals surface area contributed by atoms with Gasteiger partial charge in [-0.15, -0.1) is 0 Å². The van der Waals surface area contributed by atoms with Crippen LogP contribution < -0.4 is 9.46 Å². The molecule has 1 N–H and O–H groups in total. The molecule has 4 nitrogen and oxygen atoms in total. The summed E-state index contributed by atoms with van der Waals surface area (Å²) in [6.45, 7) is 0.596. The second kappa shape index (κ2) is 4.79. The molecule has 0 bridgehead atoms. The van der Waals surface area contributed by atoms with Gasteiger partial charge >= 0.3 is 0 Å². The Morgan fingerprint density at radius 3 is 2.75 bits per heavy atom. The van der Waals surface area contributed by atoms with Crippen LogP contribution in [0.1, 0.15) is 5.56 Å². The zero-order valence-corrected chi connectivity index (χ0v) is 11.3. The number of rotatable bonds is 3. The molecular formula is C14H12FNO3S. The Kier molecular flexibility index (Phi) is 3.10. The molecule has 0 saturated carbocycles. The number of nitrogens with one attached hydrogen (secondary N) is 1. The molecule has 0 radical (unpaired) electrons. The molecule has 104 valence electrons. The number of halogens is 1. The van der Waals surface area contributed by atoms with E-state index in [2.05, 4.69) is 4.72 Å². The Morgan fingerprint density at radius 1 is 1.15 bits per heavy atom. The topological polar surface area (TPSA) is 55.4 Å². The molecule has 1 aliphatic heterocycles. The van der Waals surface area contributed by atoms with Crippen molar-refractivity contribution in [1.82, 2.24) is 0 Å². The van der Waals surface area contributed by atoms with Gasteiger partial charge in [-0.2, -0.15) is 0 Å². The van der Waals surface area contributed by atoms with Gasteiger partial charge in [-0.3, -0.25) is 4.72 Å². The maximum absolute atomic E-state index is 13.6. The second-order valence-electron chi connectivity index (χ2n) is 4.46. The van der Waals surface area contributed by atoms with Crippen molar-refractivity contribution in [2.75, 3.05) is 11.3 Å². The van der Waals surface area contributed by atoms with E-state index < -0.39 is 15.8 Å². The lowest BCUT2D eigenvalue weighted by atomic mass is 10.1. The van der Waals surface area contributed by atoms with Gasteiger partial charge in [0.05, 0.1) is 6.61 Å². The van der Waals surface area contributed by atoms with E-state index >= 15 is 0 Å². The van der Waals surface area contributed by atoms with Gasteiger partial charge in [0.25, 0.3) is 10.0 Å². The first-order valence-corrected chi connectivity index (χ1v) is 7.58. The molecule has 3 rings (SSSR count). The normalized spacial score (nSPS) is 13.7. The van der Waals surface area contributed by atoms with Crippen molar-refractivity contribution in [2.24, 2.45) is 0 Å². The van der Waals surface area contributed by atoms with Gasteiger partial charge in [0.1, 0.15) is 16.5 Å². The van der Waals surface area contributed by atoms with Crippen molar-refractivity contribution in [1.29, 1.82) is 0 Å². The zero-order chi connectivity index (χ0) is 14.2. The zero-order valence-electron chi connectivity index (χ0n) is 10.5. The molecule has 2 aromatic rings. The Balaban J connectivity index is 1.93. The highest BCUT2D eigenvalue weighted by atomic mass is 32.2. The van der Waals surface area contributed by atoms with Crippen molar-refractivity contribution < 1.29 is 17.5 Å². The molecule has 20 heavy (non-hydrogen) atoms. The fourth-order valence-electron chi connectivity index (χ4n) is 2.12. The van der Waals surface area contributed by atoms with E-state index in [4.69, 9.17) is 4.74 Å². The number of sulfonamides is 1. The number of anilines is 1. The van der Waals surface area contributed by atoms with Crippen LogP contribution in [-0.4, -0.2) is 15.0 Å². The molecule has 2 aromatic carbocycles. The van der Waals surface area contributed by atoms with Gasteiger partial charge < -0.3 is 4.74 Å². The Hall–Kier alpha value is -2.08. The van der Waals surface area contributed by atoms with Crippen LogP contribution in [0.4, 0.5) is 10.1 Å². The van der Waals surface area contributed by atoms with Crippen LogP contribution in [0.5, 0.6) is 5.75 Å². The van der Waals surface area contributed by atoms with Crippen LogP contribution >= 0.6 is 0 Å². The molecule has 0 atom stereocenters. The van der Waals surface area contributed by atoms with Crippen LogP contribution in [-0.2, 0) is 16.4 Å². The summed E-state index contributed by atoms with van der Waals surface area (Å²) in [5.41, 5.74) is 1.34. The molecule has 0 aromatic heterocycles. The summed E-state index contributed by atoms with van der Waals surface area (Å²) in [4.78, 5) is -0.364. The van der Waals surface area contributed by atoms with E-state index in [1.165, 1.54) is 18.2 Å². The third-order valence-corrected chi connectivity index (χ3v) is 4.48. The van der Waals surface area contributed by atoms with Crippen molar-refractivity contribution in [3.63, 3.8) is 0 Å². The average molecular weight is 293 g/mol. The summed E-state index contributed by atoms with van der Waals surface area (Å²) >= 11 is 0. The molecule has 6 heteroatoms.